The number of amides is 3. The number of ether oxygens (including phenoxy) is 1. The Morgan fingerprint density at radius 2 is 1.65 bits per heavy atom. The van der Waals surface area contributed by atoms with Gasteiger partial charge >= 0.3 is 11.8 Å². The number of nitrogens with one attached hydrogen (secondary N) is 2. The molecule has 1 unspecified atom stereocenters. The van der Waals surface area contributed by atoms with Gasteiger partial charge in [0.25, 0.3) is 0 Å². The maximum Gasteiger partial charge on any atom is 0.315 e. The average molecular weight is 914 g/mol. The molecule has 0 bridgehead atoms. The van der Waals surface area contributed by atoms with Crippen LogP contribution in [0.15, 0.2) is 77.7 Å². The largest absolute Gasteiger partial charge is 0.368 e. The lowest BCUT2D eigenvalue weighted by molar-refractivity contribution is -0.155. The van der Waals surface area contributed by atoms with Crippen molar-refractivity contribution in [1.29, 1.82) is 0 Å². The summed E-state index contributed by atoms with van der Waals surface area (Å²) in [6.07, 6.45) is 4.35. The fourth-order valence-corrected chi connectivity index (χ4v) is 9.37. The van der Waals surface area contributed by atoms with Crippen LogP contribution in [-0.4, -0.2) is 119 Å². The Hall–Kier alpha value is -6.04. The van der Waals surface area contributed by atoms with E-state index in [4.69, 9.17) is 14.2 Å². The molecule has 8 rings (SSSR count). The van der Waals surface area contributed by atoms with Gasteiger partial charge in [-0.25, -0.2) is 15.0 Å². The first kappa shape index (κ1) is 46.5. The van der Waals surface area contributed by atoms with Gasteiger partial charge in [-0.15, -0.1) is 0 Å². The van der Waals surface area contributed by atoms with Crippen LogP contribution in [0.5, 0.6) is 0 Å². The highest BCUT2D eigenvalue weighted by atomic mass is 28.3. The minimum absolute atomic E-state index is 0.0445. The van der Waals surface area contributed by atoms with Crippen molar-refractivity contribution in [3.8, 4) is 11.3 Å². The maximum atomic E-state index is 13.4. The van der Waals surface area contributed by atoms with E-state index in [0.717, 1.165) is 84.6 Å². The van der Waals surface area contributed by atoms with Crippen molar-refractivity contribution in [3.05, 3.63) is 102 Å². The molecular weight excluding hydrogens is 851 g/mol. The van der Waals surface area contributed by atoms with E-state index in [1.807, 2.05) is 65.1 Å². The molecule has 66 heavy (non-hydrogen) atoms. The Morgan fingerprint density at radius 3 is 2.32 bits per heavy atom. The number of piperazine rings is 1. The number of hydrogen-bond donors (Lipinski definition) is 2. The molecule has 0 spiro atoms. The van der Waals surface area contributed by atoms with E-state index in [9.17, 15) is 14.4 Å². The molecule has 16 nitrogen and oxygen atoms in total. The normalized spacial score (nSPS) is 18.1. The molecule has 3 fully saturated rings. The summed E-state index contributed by atoms with van der Waals surface area (Å²) in [5.41, 5.74) is 6.53. The number of aromatic nitrogens is 5. The zero-order valence-corrected chi connectivity index (χ0v) is 40.5. The zero-order valence-electron chi connectivity index (χ0n) is 39.5. The van der Waals surface area contributed by atoms with E-state index >= 15 is 0 Å². The van der Waals surface area contributed by atoms with Crippen molar-refractivity contribution >= 4 is 48.8 Å². The van der Waals surface area contributed by atoms with Gasteiger partial charge in [0, 0.05) is 89.1 Å². The molecule has 3 aromatic heterocycles. The molecular formula is C49H63N11O5Si. The Morgan fingerprint density at radius 1 is 0.909 bits per heavy atom. The second-order valence-corrected chi connectivity index (χ2v) is 25.6. The summed E-state index contributed by atoms with van der Waals surface area (Å²) in [6.45, 7) is 23.0. The third kappa shape index (κ3) is 11.0. The molecule has 3 aliphatic rings. The van der Waals surface area contributed by atoms with E-state index < -0.39 is 14.0 Å². The SMILES string of the molecule is Cc1cc(-c2cc(Nc3ccc(N4CCN(C5CN(c6ccc(C7CCC(=O)N(COCC[Si](C)(C)C)C7=O)cc6)C5)CC4)cn3)ncn2)ccc1[C@@H](C)NC(=O)c1nc(C(C)(C)C)no1. The molecule has 2 N–H and O–H groups in total. The zero-order chi connectivity index (χ0) is 46.8. The van der Waals surface area contributed by atoms with E-state index in [0.29, 0.717) is 43.0 Å². The first-order valence-corrected chi connectivity index (χ1v) is 26.8. The predicted molar refractivity (Wildman–Crippen MR) is 258 cm³/mol. The average Bonchev–Trinajstić information content (AvgIpc) is 3.79. The molecule has 348 valence electrons. The summed E-state index contributed by atoms with van der Waals surface area (Å²) in [5, 5.41) is 10.3. The van der Waals surface area contributed by atoms with Gasteiger partial charge in [-0.05, 0) is 73.3 Å². The molecule has 6 heterocycles. The summed E-state index contributed by atoms with van der Waals surface area (Å²) >= 11 is 0. The van der Waals surface area contributed by atoms with Gasteiger partial charge in [0.05, 0.1) is 29.5 Å². The summed E-state index contributed by atoms with van der Waals surface area (Å²) in [4.78, 5) is 65.5. The number of piperidine rings is 1. The Kier molecular flexibility index (Phi) is 13.7. The molecule has 2 atom stereocenters. The summed E-state index contributed by atoms with van der Waals surface area (Å²) in [6, 6.07) is 21.6. The molecule has 0 radical (unpaired) electrons. The van der Waals surface area contributed by atoms with Crippen molar-refractivity contribution in [2.24, 2.45) is 0 Å². The van der Waals surface area contributed by atoms with Crippen LogP contribution in [0.1, 0.15) is 85.7 Å². The molecule has 0 saturated carbocycles. The molecule has 3 saturated heterocycles. The van der Waals surface area contributed by atoms with E-state index in [2.05, 4.69) is 101 Å². The van der Waals surface area contributed by atoms with Gasteiger partial charge in [-0.2, -0.15) is 4.98 Å². The number of carbonyl (C=O) groups excluding carboxylic acids is 3. The van der Waals surface area contributed by atoms with Crippen molar-refractivity contribution in [1.82, 2.24) is 40.2 Å². The monoisotopic (exact) mass is 913 g/mol. The lowest BCUT2D eigenvalue weighted by Crippen LogP contribution is -2.63. The number of rotatable bonds is 15. The van der Waals surface area contributed by atoms with Crippen LogP contribution in [0.3, 0.4) is 0 Å². The summed E-state index contributed by atoms with van der Waals surface area (Å²) in [5.74, 6) is 0.724. The van der Waals surface area contributed by atoms with Crippen LogP contribution < -0.4 is 20.4 Å². The second kappa shape index (κ2) is 19.4. The maximum absolute atomic E-state index is 13.4. The molecule has 0 aliphatic carbocycles. The number of imide groups is 1. The van der Waals surface area contributed by atoms with Crippen molar-refractivity contribution < 1.29 is 23.6 Å². The molecule has 3 amide bonds. The number of nitrogens with zero attached hydrogens (tertiary/aromatic N) is 9. The van der Waals surface area contributed by atoms with Gasteiger partial charge in [0.15, 0.2) is 5.82 Å². The summed E-state index contributed by atoms with van der Waals surface area (Å²) in [7, 11) is -1.26. The third-order valence-electron chi connectivity index (χ3n) is 12.8. The van der Waals surface area contributed by atoms with Crippen LogP contribution in [-0.2, 0) is 19.7 Å². The van der Waals surface area contributed by atoms with Gasteiger partial charge in [0.2, 0.25) is 11.8 Å². The lowest BCUT2D eigenvalue weighted by Gasteiger charge is -2.49. The highest BCUT2D eigenvalue weighted by Crippen LogP contribution is 2.33. The van der Waals surface area contributed by atoms with E-state index in [1.54, 1.807) is 0 Å². The Bertz CT molecular complexity index is 2510. The highest BCUT2D eigenvalue weighted by molar-refractivity contribution is 6.76. The quantitative estimate of drug-likeness (QED) is 0.0607. The smallest absolute Gasteiger partial charge is 0.315 e. The fraction of sp³-hybridized carbons (Fsp3) is 0.469. The van der Waals surface area contributed by atoms with Crippen LogP contribution in [0.25, 0.3) is 11.3 Å². The van der Waals surface area contributed by atoms with Crippen molar-refractivity contribution in [2.75, 3.05) is 67.7 Å². The van der Waals surface area contributed by atoms with Gasteiger partial charge < -0.3 is 29.7 Å². The number of anilines is 4. The molecule has 17 heteroatoms. The van der Waals surface area contributed by atoms with Gasteiger partial charge in [-0.1, -0.05) is 69.8 Å². The molecule has 3 aliphatic heterocycles. The standard InChI is InChI=1S/C49H63N11O5Si/c1-32-25-35(11-15-39(32)33(2)53-45(62)46-55-48(56-65-46)49(3,4)5)41-26-43(52-30-51-41)54-42-17-14-37(27-50-42)57-19-21-58(22-20-57)38-28-59(29-38)36-12-9-34(10-13-36)40-16-18-44(61)60(47(40)63)31-64-23-24-66(6,7)8/h9-15,17,25-27,30,33,38,40H,16,18-24,28-29,31H2,1-8H3,(H,53,62)(H,50,51,52,54)/t33-,40?/m1/s1. The molecule has 2 aromatic carbocycles. The minimum atomic E-state index is -1.26. The summed E-state index contributed by atoms with van der Waals surface area (Å²) < 4.78 is 11.0. The number of carbonyl (C=O) groups is 3. The van der Waals surface area contributed by atoms with E-state index in [-0.39, 0.29) is 41.8 Å². The highest BCUT2D eigenvalue weighted by Gasteiger charge is 2.37. The second-order valence-electron chi connectivity index (χ2n) is 20.0. The van der Waals surface area contributed by atoms with Crippen LogP contribution in [0.4, 0.5) is 23.0 Å². The number of aryl methyl sites for hydroxylation is 1. The van der Waals surface area contributed by atoms with Crippen LogP contribution in [0, 0.1) is 6.92 Å². The molecule has 5 aromatic rings. The Labute approximate surface area is 388 Å². The lowest BCUT2D eigenvalue weighted by atomic mass is 9.89. The van der Waals surface area contributed by atoms with Gasteiger partial charge in [0.1, 0.15) is 24.7 Å². The van der Waals surface area contributed by atoms with Crippen LogP contribution in [0.2, 0.25) is 25.7 Å². The van der Waals surface area contributed by atoms with Gasteiger partial charge in [-0.3, -0.25) is 24.2 Å². The van der Waals surface area contributed by atoms with Crippen molar-refractivity contribution in [2.45, 2.75) is 96.6 Å². The topological polar surface area (TPSA) is 175 Å². The first-order valence-electron chi connectivity index (χ1n) is 23.1. The third-order valence-corrected chi connectivity index (χ3v) is 14.5. The number of hydrogen-bond acceptors (Lipinski definition) is 14. The number of benzene rings is 2. The van der Waals surface area contributed by atoms with Crippen LogP contribution >= 0.6 is 0 Å². The number of pyridine rings is 1. The first-order chi connectivity index (χ1) is 31.5. The number of likely N-dealkylation sites (tertiary alicyclic amines) is 1. The minimum Gasteiger partial charge on any atom is -0.368 e. The Balaban J connectivity index is 0.781. The predicted octanol–water partition coefficient (Wildman–Crippen LogP) is 7.32. The fourth-order valence-electron chi connectivity index (χ4n) is 8.62. The van der Waals surface area contributed by atoms with E-state index in [1.165, 1.54) is 11.2 Å². The van der Waals surface area contributed by atoms with Crippen molar-refractivity contribution in [3.63, 3.8) is 0 Å².